The maximum atomic E-state index is 8.55. The van der Waals surface area contributed by atoms with Crippen molar-refractivity contribution >= 4 is 7.82 Å². The number of hydrogen-bond acceptors (Lipinski definition) is 4. The van der Waals surface area contributed by atoms with Crippen molar-refractivity contribution in [2.24, 2.45) is 0 Å². The Hall–Kier alpha value is 1.25. The second-order valence-electron chi connectivity index (χ2n) is 0.447. The van der Waals surface area contributed by atoms with Gasteiger partial charge in [-0.15, -0.1) is 0 Å². The van der Waals surface area contributed by atoms with Crippen LogP contribution in [0, 0.1) is 0 Å². The Morgan fingerprint density at radius 2 is 1.14 bits per heavy atom. The fourth-order valence-corrected chi connectivity index (χ4v) is 0. The van der Waals surface area contributed by atoms with Gasteiger partial charge in [-0.2, -0.15) is 7.82 Å². The van der Waals surface area contributed by atoms with Crippen molar-refractivity contribution in [2.75, 3.05) is 0 Å². The first-order valence-corrected chi connectivity index (χ1v) is 2.19. The van der Waals surface area contributed by atoms with Gasteiger partial charge in [0.25, 0.3) is 0 Å². The van der Waals surface area contributed by atoms with Crippen molar-refractivity contribution in [3.8, 4) is 0 Å². The van der Waals surface area contributed by atoms with Gasteiger partial charge in [0.1, 0.15) is 0 Å². The van der Waals surface area contributed by atoms with Crippen LogP contribution >= 0.6 is 7.82 Å². The quantitative estimate of drug-likeness (QED) is 0.322. The van der Waals surface area contributed by atoms with Crippen LogP contribution in [0.5, 0.6) is 0 Å². The van der Waals surface area contributed by atoms with Gasteiger partial charge in [-0.05, 0) is 0 Å². The van der Waals surface area contributed by atoms with E-state index in [1.807, 2.05) is 0 Å². The molecule has 7 heavy (non-hydrogen) atoms. The summed E-state index contributed by atoms with van der Waals surface area (Å²) in [5.74, 6) is 0. The Morgan fingerprint density at radius 1 is 1.14 bits per heavy atom. The first-order valence-electron chi connectivity index (χ1n) is 0.730. The molecule has 40 valence electrons. The zero-order valence-electron chi connectivity index (χ0n) is 3.14. The third-order valence-corrected chi connectivity index (χ3v) is 0. The molecule has 0 aliphatic rings. The summed E-state index contributed by atoms with van der Waals surface area (Å²) in [6, 6.07) is 0. The van der Waals surface area contributed by atoms with Crippen molar-refractivity contribution in [1.29, 1.82) is 0 Å². The minimum atomic E-state index is -5.39. The third-order valence-electron chi connectivity index (χ3n) is 0. The van der Waals surface area contributed by atoms with Gasteiger partial charge in [0.2, 0.25) is 0 Å². The normalized spacial score (nSPS) is 8.43. The van der Waals surface area contributed by atoms with Gasteiger partial charge in [-0.3, -0.25) is 0 Å². The molecule has 0 aliphatic heterocycles. The SMILES string of the molecule is O=P([O-])([O-])[O-].[Fe+2].[Zn]. The molecular weight excluding hydrogens is 216 g/mol. The van der Waals surface area contributed by atoms with Crippen LogP contribution in [0.15, 0.2) is 0 Å². The van der Waals surface area contributed by atoms with E-state index in [4.69, 9.17) is 19.2 Å². The Morgan fingerprint density at radius 3 is 1.14 bits per heavy atom. The van der Waals surface area contributed by atoms with Gasteiger partial charge in [-0.1, -0.05) is 0 Å². The van der Waals surface area contributed by atoms with E-state index in [-0.39, 0.29) is 36.5 Å². The molecule has 0 saturated carbocycles. The number of phosphoric acid groups is 1. The monoisotopic (exact) mass is 215 g/mol. The Labute approximate surface area is 63.8 Å². The van der Waals surface area contributed by atoms with Gasteiger partial charge in [-0.25, -0.2) is 0 Å². The van der Waals surface area contributed by atoms with Gasteiger partial charge >= 0.3 is 17.1 Å². The molecular formula is FeO4PZn-. The van der Waals surface area contributed by atoms with Crippen LogP contribution in [0.3, 0.4) is 0 Å². The summed E-state index contributed by atoms with van der Waals surface area (Å²) < 4.78 is 8.55. The summed E-state index contributed by atoms with van der Waals surface area (Å²) >= 11 is 0. The summed E-state index contributed by atoms with van der Waals surface area (Å²) in [4.78, 5) is 25.6. The molecule has 0 saturated heterocycles. The maximum Gasteiger partial charge on any atom is 2.00 e. The van der Waals surface area contributed by atoms with E-state index in [2.05, 4.69) is 0 Å². The Bertz CT molecular complexity index is 57.8. The summed E-state index contributed by atoms with van der Waals surface area (Å²) in [7, 11) is -5.39. The van der Waals surface area contributed by atoms with Crippen LogP contribution in [0.25, 0.3) is 0 Å². The van der Waals surface area contributed by atoms with Crippen LogP contribution < -0.4 is 14.7 Å². The van der Waals surface area contributed by atoms with Gasteiger partial charge in [0.15, 0.2) is 0 Å². The van der Waals surface area contributed by atoms with Crippen molar-refractivity contribution in [2.45, 2.75) is 0 Å². The molecule has 0 radical (unpaired) electrons. The second-order valence-corrected chi connectivity index (χ2v) is 1.34. The van der Waals surface area contributed by atoms with E-state index in [0.717, 1.165) is 0 Å². The van der Waals surface area contributed by atoms with Crippen molar-refractivity contribution < 1.29 is 55.8 Å². The fraction of sp³-hybridized carbons (Fsp3) is 0. The molecule has 0 amide bonds. The Balaban J connectivity index is -0.0000000800. The first kappa shape index (κ1) is 15.7. The molecule has 0 bridgehead atoms. The van der Waals surface area contributed by atoms with Crippen LogP contribution in [0.4, 0.5) is 0 Å². The molecule has 0 atom stereocenters. The van der Waals surface area contributed by atoms with Crippen molar-refractivity contribution in [3.05, 3.63) is 0 Å². The smallest absolute Gasteiger partial charge is 0.822 e. The molecule has 0 aromatic rings. The minimum Gasteiger partial charge on any atom is -0.822 e. The van der Waals surface area contributed by atoms with E-state index in [1.165, 1.54) is 0 Å². The predicted molar refractivity (Wildman–Crippen MR) is 7.61 cm³/mol. The van der Waals surface area contributed by atoms with Crippen LogP contribution in [-0.4, -0.2) is 0 Å². The molecule has 0 unspecified atom stereocenters. The van der Waals surface area contributed by atoms with E-state index in [0.29, 0.717) is 0 Å². The molecule has 0 heterocycles. The van der Waals surface area contributed by atoms with Crippen LogP contribution in [0.2, 0.25) is 0 Å². The molecule has 0 aromatic carbocycles. The summed E-state index contributed by atoms with van der Waals surface area (Å²) in [6.45, 7) is 0. The zero-order chi connectivity index (χ0) is 4.50. The third kappa shape index (κ3) is 127. The number of rotatable bonds is 0. The minimum absolute atomic E-state index is 0. The average Bonchev–Trinajstić information content (AvgIpc) is 0.722. The molecule has 0 spiro atoms. The molecule has 0 N–H and O–H groups in total. The molecule has 0 aliphatic carbocycles. The van der Waals surface area contributed by atoms with E-state index < -0.39 is 7.82 Å². The van der Waals surface area contributed by atoms with E-state index in [1.54, 1.807) is 0 Å². The zero-order valence-corrected chi connectivity index (χ0v) is 8.11. The maximum absolute atomic E-state index is 8.55. The molecule has 0 rings (SSSR count). The Kier molecular flexibility index (Phi) is 12.1. The van der Waals surface area contributed by atoms with E-state index in [9.17, 15) is 0 Å². The summed E-state index contributed by atoms with van der Waals surface area (Å²) in [5.41, 5.74) is 0. The van der Waals surface area contributed by atoms with Crippen LogP contribution in [0.1, 0.15) is 0 Å². The van der Waals surface area contributed by atoms with Crippen molar-refractivity contribution in [3.63, 3.8) is 0 Å². The van der Waals surface area contributed by atoms with Crippen LogP contribution in [-0.2, 0) is 41.1 Å². The topological polar surface area (TPSA) is 86.2 Å². The predicted octanol–water partition coefficient (Wildman–Crippen LogP) is -2.83. The number of hydrogen-bond donors (Lipinski definition) is 0. The van der Waals surface area contributed by atoms with Gasteiger partial charge < -0.3 is 19.2 Å². The van der Waals surface area contributed by atoms with E-state index >= 15 is 0 Å². The molecule has 0 aromatic heterocycles. The standard InChI is InChI=1S/Fe.H3O4P.Zn/c;1-5(2,3)4;/h;(H3,1,2,3,4);/q+2;;/p-3. The molecule has 0 fully saturated rings. The average molecular weight is 216 g/mol. The second kappa shape index (κ2) is 5.39. The molecule has 4 nitrogen and oxygen atoms in total. The van der Waals surface area contributed by atoms with Gasteiger partial charge in [0, 0.05) is 19.5 Å². The van der Waals surface area contributed by atoms with Crippen molar-refractivity contribution in [1.82, 2.24) is 0 Å². The summed E-state index contributed by atoms with van der Waals surface area (Å²) in [5, 5.41) is 0. The molecule has 7 heteroatoms. The summed E-state index contributed by atoms with van der Waals surface area (Å²) in [6.07, 6.45) is 0. The van der Waals surface area contributed by atoms with Gasteiger partial charge in [0.05, 0.1) is 0 Å². The fourth-order valence-electron chi connectivity index (χ4n) is 0. The largest absolute Gasteiger partial charge is 2.00 e. The first-order chi connectivity index (χ1) is 2.00.